The topological polar surface area (TPSA) is 0 Å². The van der Waals surface area contributed by atoms with E-state index in [9.17, 15) is 0 Å². The summed E-state index contributed by atoms with van der Waals surface area (Å²) in [5.74, 6) is 0.500. The van der Waals surface area contributed by atoms with Crippen molar-refractivity contribution in [2.24, 2.45) is 0 Å². The molecule has 0 heteroatoms. The second-order valence-corrected chi connectivity index (χ2v) is 6.01. The van der Waals surface area contributed by atoms with Gasteiger partial charge in [0, 0.05) is 5.92 Å². The van der Waals surface area contributed by atoms with Gasteiger partial charge in [-0.3, -0.25) is 0 Å². The molecule has 0 atom stereocenters. The van der Waals surface area contributed by atoms with Gasteiger partial charge in [-0.25, -0.2) is 0 Å². The highest BCUT2D eigenvalue weighted by molar-refractivity contribution is 5.68. The molecule has 104 valence electrons. The van der Waals surface area contributed by atoms with Crippen LogP contribution < -0.4 is 0 Å². The Kier molecular flexibility index (Phi) is 3.03. The second kappa shape index (κ2) is 5.04. The predicted octanol–water partition coefficient (Wildman–Crippen LogP) is 5.37. The van der Waals surface area contributed by atoms with Gasteiger partial charge in [0.25, 0.3) is 0 Å². The van der Waals surface area contributed by atoms with E-state index in [1.165, 1.54) is 33.4 Å². The maximum atomic E-state index is 2.32. The van der Waals surface area contributed by atoms with Crippen LogP contribution in [0, 0.1) is 0 Å². The molecule has 0 nitrogen and oxygen atoms in total. The molecule has 0 fully saturated rings. The van der Waals surface area contributed by atoms with E-state index in [0.29, 0.717) is 5.92 Å². The fourth-order valence-electron chi connectivity index (χ4n) is 3.85. The van der Waals surface area contributed by atoms with Gasteiger partial charge in [-0.15, -0.1) is 0 Å². The van der Waals surface area contributed by atoms with E-state index in [4.69, 9.17) is 0 Å². The third-order valence-electron chi connectivity index (χ3n) is 4.86. The number of fused-ring (bicyclic) bond motifs is 2. The molecule has 0 heterocycles. The Labute approximate surface area is 126 Å². The van der Waals surface area contributed by atoms with Crippen LogP contribution >= 0.6 is 0 Å². The lowest BCUT2D eigenvalue weighted by atomic mass is 9.82. The van der Waals surface area contributed by atoms with Gasteiger partial charge in [-0.1, -0.05) is 67.6 Å². The largest absolute Gasteiger partial charge is 0.0795 e. The summed E-state index contributed by atoms with van der Waals surface area (Å²) in [5, 5.41) is 0. The Morgan fingerprint density at radius 1 is 0.810 bits per heavy atom. The summed E-state index contributed by atoms with van der Waals surface area (Å²) in [5.41, 5.74) is 8.88. The van der Waals surface area contributed by atoms with Crippen molar-refractivity contribution in [3.63, 3.8) is 0 Å². The van der Waals surface area contributed by atoms with Gasteiger partial charge in [-0.05, 0) is 52.6 Å². The zero-order valence-corrected chi connectivity index (χ0v) is 12.5. The SMILES string of the molecule is CCC(c1cccc2c1C=CC2)c1cccc2c1C=CC2. The van der Waals surface area contributed by atoms with Crippen molar-refractivity contribution in [3.8, 4) is 0 Å². The van der Waals surface area contributed by atoms with Crippen LogP contribution in [0.25, 0.3) is 12.2 Å². The highest BCUT2D eigenvalue weighted by Crippen LogP contribution is 2.38. The molecule has 4 rings (SSSR count). The minimum Gasteiger partial charge on any atom is -0.0795 e. The molecule has 0 N–H and O–H groups in total. The lowest BCUT2D eigenvalue weighted by Crippen LogP contribution is -2.05. The Bertz CT molecular complexity index is 683. The first-order chi connectivity index (χ1) is 10.4. The highest BCUT2D eigenvalue weighted by atomic mass is 14.3. The third kappa shape index (κ3) is 1.98. The van der Waals surface area contributed by atoms with Crippen molar-refractivity contribution < 1.29 is 0 Å². The molecular formula is C21H20. The molecule has 0 unspecified atom stereocenters. The Balaban J connectivity index is 1.87. The van der Waals surface area contributed by atoms with Gasteiger partial charge in [0.2, 0.25) is 0 Å². The quantitative estimate of drug-likeness (QED) is 0.705. The lowest BCUT2D eigenvalue weighted by Gasteiger charge is -2.21. The average molecular weight is 272 g/mol. The molecule has 0 spiro atoms. The molecule has 0 radical (unpaired) electrons. The third-order valence-corrected chi connectivity index (χ3v) is 4.86. The van der Waals surface area contributed by atoms with Crippen LogP contribution in [0.15, 0.2) is 48.6 Å². The summed E-state index contributed by atoms with van der Waals surface area (Å²) in [6.07, 6.45) is 12.5. The Morgan fingerprint density at radius 3 is 1.81 bits per heavy atom. The van der Waals surface area contributed by atoms with E-state index in [2.05, 4.69) is 67.6 Å². The van der Waals surface area contributed by atoms with Gasteiger partial charge < -0.3 is 0 Å². The molecule has 2 aromatic rings. The smallest absolute Gasteiger partial charge is 0.00987 e. The van der Waals surface area contributed by atoms with Crippen LogP contribution in [0.4, 0.5) is 0 Å². The van der Waals surface area contributed by atoms with Crippen molar-refractivity contribution in [2.45, 2.75) is 32.1 Å². The molecule has 2 aliphatic carbocycles. The van der Waals surface area contributed by atoms with E-state index < -0.39 is 0 Å². The van der Waals surface area contributed by atoms with E-state index in [0.717, 1.165) is 19.3 Å². The van der Waals surface area contributed by atoms with Crippen LogP contribution in [0.5, 0.6) is 0 Å². The first-order valence-corrected chi connectivity index (χ1v) is 7.95. The number of hydrogen-bond acceptors (Lipinski definition) is 0. The lowest BCUT2D eigenvalue weighted by molar-refractivity contribution is 0.772. The average Bonchev–Trinajstić information content (AvgIpc) is 3.17. The molecule has 0 saturated carbocycles. The van der Waals surface area contributed by atoms with Crippen molar-refractivity contribution in [3.05, 3.63) is 81.9 Å². The van der Waals surface area contributed by atoms with Crippen LogP contribution in [0.1, 0.15) is 52.6 Å². The van der Waals surface area contributed by atoms with Crippen molar-refractivity contribution >= 4 is 12.2 Å². The first-order valence-electron chi connectivity index (χ1n) is 7.95. The fourth-order valence-corrected chi connectivity index (χ4v) is 3.85. The van der Waals surface area contributed by atoms with Crippen LogP contribution in [-0.2, 0) is 12.8 Å². The monoisotopic (exact) mass is 272 g/mol. The first kappa shape index (κ1) is 12.6. The summed E-state index contributed by atoms with van der Waals surface area (Å²) in [7, 11) is 0. The molecule has 0 aliphatic heterocycles. The minimum atomic E-state index is 0.500. The number of allylic oxidation sites excluding steroid dienone is 2. The zero-order valence-electron chi connectivity index (χ0n) is 12.5. The van der Waals surface area contributed by atoms with Gasteiger partial charge in [-0.2, -0.15) is 0 Å². The van der Waals surface area contributed by atoms with E-state index in [-0.39, 0.29) is 0 Å². The Morgan fingerprint density at radius 2 is 1.33 bits per heavy atom. The summed E-state index contributed by atoms with van der Waals surface area (Å²) < 4.78 is 0. The van der Waals surface area contributed by atoms with Crippen molar-refractivity contribution in [2.75, 3.05) is 0 Å². The highest BCUT2D eigenvalue weighted by Gasteiger charge is 2.22. The van der Waals surface area contributed by atoms with Crippen LogP contribution in [0.3, 0.4) is 0 Å². The number of hydrogen-bond donors (Lipinski definition) is 0. The van der Waals surface area contributed by atoms with E-state index in [1.54, 1.807) is 0 Å². The predicted molar refractivity (Wildman–Crippen MR) is 90.5 cm³/mol. The van der Waals surface area contributed by atoms with Gasteiger partial charge in [0.1, 0.15) is 0 Å². The second-order valence-electron chi connectivity index (χ2n) is 6.01. The van der Waals surface area contributed by atoms with Gasteiger partial charge >= 0.3 is 0 Å². The van der Waals surface area contributed by atoms with Crippen molar-refractivity contribution in [1.82, 2.24) is 0 Å². The van der Waals surface area contributed by atoms with Gasteiger partial charge in [0.05, 0.1) is 0 Å². The maximum absolute atomic E-state index is 2.32. The Hall–Kier alpha value is -2.08. The van der Waals surface area contributed by atoms with Crippen LogP contribution in [-0.4, -0.2) is 0 Å². The molecular weight excluding hydrogens is 252 g/mol. The molecule has 0 saturated heterocycles. The zero-order chi connectivity index (χ0) is 14.2. The summed E-state index contributed by atoms with van der Waals surface area (Å²) in [6, 6.07) is 13.6. The molecule has 21 heavy (non-hydrogen) atoms. The summed E-state index contributed by atoms with van der Waals surface area (Å²) in [6.45, 7) is 2.31. The summed E-state index contributed by atoms with van der Waals surface area (Å²) >= 11 is 0. The van der Waals surface area contributed by atoms with Crippen molar-refractivity contribution in [1.29, 1.82) is 0 Å². The normalized spacial score (nSPS) is 14.8. The fraction of sp³-hybridized carbons (Fsp3) is 0.238. The molecule has 2 aromatic carbocycles. The molecule has 0 amide bonds. The van der Waals surface area contributed by atoms with E-state index in [1.807, 2.05) is 0 Å². The van der Waals surface area contributed by atoms with Gasteiger partial charge in [0.15, 0.2) is 0 Å². The van der Waals surface area contributed by atoms with Crippen LogP contribution in [0.2, 0.25) is 0 Å². The minimum absolute atomic E-state index is 0.500. The van der Waals surface area contributed by atoms with E-state index >= 15 is 0 Å². The maximum Gasteiger partial charge on any atom is 0.00987 e. The molecule has 0 aromatic heterocycles. The standard InChI is InChI=1S/C21H20/c1-2-17(20-13-5-9-15-7-3-11-18(15)20)21-14-6-10-16-8-4-12-19(16)21/h3-6,9-14,17H,2,7-8H2,1H3. The summed E-state index contributed by atoms with van der Waals surface area (Å²) in [4.78, 5) is 0. The molecule has 0 bridgehead atoms. The number of benzene rings is 2. The molecule has 2 aliphatic rings. The number of rotatable bonds is 3.